The lowest BCUT2D eigenvalue weighted by Crippen LogP contribution is -1.94. The van der Waals surface area contributed by atoms with Crippen LogP contribution in [0.2, 0.25) is 0 Å². The van der Waals surface area contributed by atoms with Gasteiger partial charge in [0, 0.05) is 0 Å². The summed E-state index contributed by atoms with van der Waals surface area (Å²) < 4.78 is 15.3. The van der Waals surface area contributed by atoms with E-state index in [4.69, 9.17) is 14.5 Å². The topological polar surface area (TPSA) is 66.8 Å². The van der Waals surface area contributed by atoms with Crippen LogP contribution in [-0.2, 0) is 9.30 Å². The molecule has 0 atom stereocenters. The summed E-state index contributed by atoms with van der Waals surface area (Å²) in [5, 5.41) is 0. The van der Waals surface area contributed by atoms with Crippen molar-refractivity contribution >= 4 is 7.60 Å². The predicted octanol–water partition coefficient (Wildman–Crippen LogP) is 4.17. The van der Waals surface area contributed by atoms with Gasteiger partial charge in [0.1, 0.15) is 6.35 Å². The Morgan fingerprint density at radius 1 is 1.05 bits per heavy atom. The van der Waals surface area contributed by atoms with Gasteiger partial charge in [-0.25, -0.2) is 0 Å². The fourth-order valence-corrected chi connectivity index (χ4v) is 1.89. The molecule has 0 aromatic heterocycles. The van der Waals surface area contributed by atoms with Crippen molar-refractivity contribution in [3.05, 3.63) is 35.5 Å². The Morgan fingerprint density at radius 3 is 2.35 bits per heavy atom. The van der Waals surface area contributed by atoms with E-state index in [2.05, 4.69) is 32.9 Å². The summed E-state index contributed by atoms with van der Waals surface area (Å²) in [7, 11) is -4.03. The summed E-state index contributed by atoms with van der Waals surface area (Å²) >= 11 is 0. The Labute approximate surface area is 122 Å². The van der Waals surface area contributed by atoms with Crippen LogP contribution in [0.4, 0.5) is 0 Å². The van der Waals surface area contributed by atoms with Crippen LogP contribution < -0.4 is 0 Å². The van der Waals surface area contributed by atoms with Crippen LogP contribution in [-0.4, -0.2) is 22.7 Å². The zero-order chi connectivity index (χ0) is 15.4. The van der Waals surface area contributed by atoms with Gasteiger partial charge in [-0.2, -0.15) is 0 Å². The second-order valence-corrected chi connectivity index (χ2v) is 6.67. The molecule has 0 amide bonds. The fourth-order valence-electron chi connectivity index (χ4n) is 1.54. The van der Waals surface area contributed by atoms with E-state index in [0.717, 1.165) is 25.7 Å². The first-order chi connectivity index (χ1) is 9.31. The Kier molecular flexibility index (Phi) is 10.7. The summed E-state index contributed by atoms with van der Waals surface area (Å²) in [6, 6.07) is 0. The molecular formula is C15H27O4P. The van der Waals surface area contributed by atoms with Gasteiger partial charge < -0.3 is 14.5 Å². The third-order valence-corrected chi connectivity index (χ3v) is 3.08. The van der Waals surface area contributed by atoms with Crippen molar-refractivity contribution in [3.8, 4) is 0 Å². The van der Waals surface area contributed by atoms with E-state index >= 15 is 0 Å². The van der Waals surface area contributed by atoms with Gasteiger partial charge in [-0.1, -0.05) is 35.5 Å². The lowest BCUT2D eigenvalue weighted by molar-refractivity contribution is 0.184. The van der Waals surface area contributed by atoms with E-state index in [-0.39, 0.29) is 6.61 Å². The van der Waals surface area contributed by atoms with Crippen LogP contribution in [0.3, 0.4) is 0 Å². The molecule has 0 aliphatic rings. The molecule has 5 heteroatoms. The molecule has 0 unspecified atom stereocenters. The standard InChI is InChI=1S/C15H27O4P/c1-14(2)9-8-11-15(3)10-6-4-5-7-12-19-13-20(16,17)18/h5,7,9-10H,4,6,8,11-13H2,1-3H3,(H2,16,17,18). The normalized spacial score (nSPS) is 12.9. The Morgan fingerprint density at radius 2 is 1.75 bits per heavy atom. The van der Waals surface area contributed by atoms with Crippen LogP contribution >= 0.6 is 7.60 Å². The van der Waals surface area contributed by atoms with Gasteiger partial charge in [-0.3, -0.25) is 4.57 Å². The molecule has 2 N–H and O–H groups in total. The lowest BCUT2D eigenvalue weighted by atomic mass is 10.1. The molecule has 20 heavy (non-hydrogen) atoms. The molecular weight excluding hydrogens is 275 g/mol. The maximum Gasteiger partial charge on any atom is 0.350 e. The van der Waals surface area contributed by atoms with Gasteiger partial charge in [-0.15, -0.1) is 0 Å². The second-order valence-electron chi connectivity index (χ2n) is 5.08. The molecule has 0 aromatic rings. The van der Waals surface area contributed by atoms with E-state index in [9.17, 15) is 4.57 Å². The maximum atomic E-state index is 10.5. The highest BCUT2D eigenvalue weighted by molar-refractivity contribution is 7.51. The van der Waals surface area contributed by atoms with E-state index in [1.54, 1.807) is 6.08 Å². The lowest BCUT2D eigenvalue weighted by Gasteiger charge is -2.02. The van der Waals surface area contributed by atoms with Gasteiger partial charge in [0.05, 0.1) is 6.61 Å². The summed E-state index contributed by atoms with van der Waals surface area (Å²) in [6.07, 6.45) is 11.8. The SMILES string of the molecule is CC(C)=CCCC(C)=CCCC=CCOCP(=O)(O)O. The first kappa shape index (κ1) is 19.3. The van der Waals surface area contributed by atoms with E-state index in [1.165, 1.54) is 11.1 Å². The number of unbranched alkanes of at least 4 members (excludes halogenated alkanes) is 1. The van der Waals surface area contributed by atoms with Crippen LogP contribution in [0.15, 0.2) is 35.5 Å². The molecule has 116 valence electrons. The fraction of sp³-hybridized carbons (Fsp3) is 0.600. The van der Waals surface area contributed by atoms with Crippen LogP contribution in [0.25, 0.3) is 0 Å². The summed E-state index contributed by atoms with van der Waals surface area (Å²) in [4.78, 5) is 17.1. The highest BCUT2D eigenvalue weighted by Gasteiger charge is 2.11. The summed E-state index contributed by atoms with van der Waals surface area (Å²) in [6.45, 7) is 6.61. The Bertz CT molecular complexity index is 387. The zero-order valence-electron chi connectivity index (χ0n) is 12.7. The third kappa shape index (κ3) is 15.4. The first-order valence-corrected chi connectivity index (χ1v) is 8.67. The number of rotatable bonds is 10. The number of allylic oxidation sites excluding steroid dienone is 5. The van der Waals surface area contributed by atoms with Crippen molar-refractivity contribution < 1.29 is 19.1 Å². The van der Waals surface area contributed by atoms with Crippen LogP contribution in [0, 0.1) is 0 Å². The molecule has 4 nitrogen and oxygen atoms in total. The molecule has 0 fully saturated rings. The van der Waals surface area contributed by atoms with E-state index in [1.807, 2.05) is 6.08 Å². The van der Waals surface area contributed by atoms with Gasteiger partial charge >= 0.3 is 7.60 Å². The van der Waals surface area contributed by atoms with Gasteiger partial charge in [-0.05, 0) is 46.5 Å². The van der Waals surface area contributed by atoms with Crippen molar-refractivity contribution in [1.29, 1.82) is 0 Å². The van der Waals surface area contributed by atoms with E-state index < -0.39 is 13.9 Å². The summed E-state index contributed by atoms with van der Waals surface area (Å²) in [5.41, 5.74) is 2.75. The minimum atomic E-state index is -4.03. The number of hydrogen-bond donors (Lipinski definition) is 2. The van der Waals surface area contributed by atoms with Crippen molar-refractivity contribution in [2.24, 2.45) is 0 Å². The Balaban J connectivity index is 3.63. The molecule has 0 heterocycles. The van der Waals surface area contributed by atoms with Crippen molar-refractivity contribution in [3.63, 3.8) is 0 Å². The van der Waals surface area contributed by atoms with E-state index in [0.29, 0.717) is 0 Å². The molecule has 0 aliphatic carbocycles. The molecule has 0 saturated carbocycles. The number of hydrogen-bond acceptors (Lipinski definition) is 2. The highest BCUT2D eigenvalue weighted by atomic mass is 31.2. The third-order valence-electron chi connectivity index (χ3n) is 2.56. The second kappa shape index (κ2) is 11.0. The summed E-state index contributed by atoms with van der Waals surface area (Å²) in [5.74, 6) is 0. The largest absolute Gasteiger partial charge is 0.365 e. The minimum absolute atomic E-state index is 0.244. The molecule has 0 saturated heterocycles. The quantitative estimate of drug-likeness (QED) is 0.361. The van der Waals surface area contributed by atoms with Gasteiger partial charge in [0.25, 0.3) is 0 Å². The predicted molar refractivity (Wildman–Crippen MR) is 83.7 cm³/mol. The molecule has 0 spiro atoms. The van der Waals surface area contributed by atoms with Gasteiger partial charge in [0.15, 0.2) is 0 Å². The van der Waals surface area contributed by atoms with Crippen molar-refractivity contribution in [1.82, 2.24) is 0 Å². The monoisotopic (exact) mass is 302 g/mol. The Hall–Kier alpha value is -0.670. The molecule has 0 aliphatic heterocycles. The maximum absolute atomic E-state index is 10.5. The first-order valence-electron chi connectivity index (χ1n) is 6.87. The molecule has 0 rings (SSSR count). The zero-order valence-corrected chi connectivity index (χ0v) is 13.6. The highest BCUT2D eigenvalue weighted by Crippen LogP contribution is 2.33. The molecule has 0 aromatic carbocycles. The number of ether oxygens (including phenoxy) is 1. The van der Waals surface area contributed by atoms with Gasteiger partial charge in [0.2, 0.25) is 0 Å². The van der Waals surface area contributed by atoms with Crippen LogP contribution in [0.1, 0.15) is 46.5 Å². The smallest absolute Gasteiger partial charge is 0.350 e. The van der Waals surface area contributed by atoms with Crippen molar-refractivity contribution in [2.45, 2.75) is 46.5 Å². The average molecular weight is 302 g/mol. The molecule has 0 radical (unpaired) electrons. The van der Waals surface area contributed by atoms with Crippen LogP contribution in [0.5, 0.6) is 0 Å². The minimum Gasteiger partial charge on any atom is -0.365 e. The van der Waals surface area contributed by atoms with Crippen molar-refractivity contribution in [2.75, 3.05) is 13.0 Å². The molecule has 0 bridgehead atoms. The average Bonchev–Trinajstić information content (AvgIpc) is 2.30.